The first-order valence-electron chi connectivity index (χ1n) is 7.75. The van der Waals surface area contributed by atoms with E-state index in [-0.39, 0.29) is 0 Å². The largest absolute Gasteiger partial charge is 0.481 e. The number of carboxylic acids is 1. The number of benzene rings is 1. The molecule has 1 rings (SSSR count). The molecule has 0 heterocycles. The van der Waals surface area contributed by atoms with E-state index < -0.39 is 24.0 Å². The maximum absolute atomic E-state index is 11.9. The van der Waals surface area contributed by atoms with E-state index in [0.717, 1.165) is 18.4 Å². The molecule has 120 valence electrons. The normalized spacial score (nSPS) is 13.7. The van der Waals surface area contributed by atoms with Crippen LogP contribution in [0.3, 0.4) is 0 Å². The Morgan fingerprint density at radius 3 is 2.32 bits per heavy atom. The van der Waals surface area contributed by atoms with Gasteiger partial charge in [-0.3, -0.25) is 4.79 Å². The van der Waals surface area contributed by atoms with E-state index in [1.807, 2.05) is 44.2 Å². The van der Waals surface area contributed by atoms with Crippen LogP contribution in [0.1, 0.15) is 45.1 Å². The van der Waals surface area contributed by atoms with Crippen LogP contribution in [0.5, 0.6) is 0 Å². The van der Waals surface area contributed by atoms with Gasteiger partial charge in [0, 0.05) is 6.08 Å². The van der Waals surface area contributed by atoms with Gasteiger partial charge in [-0.25, -0.2) is 4.79 Å². The topological polar surface area (TPSA) is 63.6 Å². The Morgan fingerprint density at radius 1 is 1.14 bits per heavy atom. The van der Waals surface area contributed by atoms with Crippen LogP contribution in [0.4, 0.5) is 0 Å². The van der Waals surface area contributed by atoms with Crippen molar-refractivity contribution in [1.29, 1.82) is 0 Å². The number of ether oxygens (including phenoxy) is 1. The van der Waals surface area contributed by atoms with Crippen molar-refractivity contribution in [2.24, 2.45) is 5.92 Å². The maximum atomic E-state index is 11.9. The van der Waals surface area contributed by atoms with Crippen LogP contribution in [0.2, 0.25) is 0 Å². The highest BCUT2D eigenvalue weighted by Gasteiger charge is 2.29. The standard InChI is InChI=1S/C18H24O4/c1-3-8-15(18(20)21)16(9-4-2)22-17(19)13-12-14-10-6-5-7-11-14/h5-7,10-13,15-16H,3-4,8-9H2,1-2H3,(H,20,21)/b13-12+. The molecule has 0 radical (unpaired) electrons. The molecule has 1 N–H and O–H groups in total. The highest BCUT2D eigenvalue weighted by molar-refractivity contribution is 5.87. The summed E-state index contributed by atoms with van der Waals surface area (Å²) in [4.78, 5) is 23.3. The van der Waals surface area contributed by atoms with Gasteiger partial charge in [0.2, 0.25) is 0 Å². The molecule has 2 unspecified atom stereocenters. The average molecular weight is 304 g/mol. The molecule has 0 saturated carbocycles. The Balaban J connectivity index is 2.70. The van der Waals surface area contributed by atoms with Gasteiger partial charge < -0.3 is 9.84 Å². The second-order valence-corrected chi connectivity index (χ2v) is 5.24. The Kier molecular flexibility index (Phi) is 7.97. The van der Waals surface area contributed by atoms with E-state index in [4.69, 9.17) is 4.74 Å². The summed E-state index contributed by atoms with van der Waals surface area (Å²) in [5, 5.41) is 9.31. The minimum absolute atomic E-state index is 0.496. The number of hydrogen-bond donors (Lipinski definition) is 1. The molecule has 0 bridgehead atoms. The molecule has 0 fully saturated rings. The number of carboxylic acid groups (broad SMARTS) is 1. The predicted octanol–water partition coefficient (Wildman–Crippen LogP) is 3.91. The summed E-state index contributed by atoms with van der Waals surface area (Å²) in [5.74, 6) is -2.04. The monoisotopic (exact) mass is 304 g/mol. The molecule has 0 aliphatic carbocycles. The first-order valence-corrected chi connectivity index (χ1v) is 7.75. The molecule has 1 aromatic carbocycles. The summed E-state index contributed by atoms with van der Waals surface area (Å²) in [6.45, 7) is 3.88. The number of carbonyl (C=O) groups excluding carboxylic acids is 1. The number of aliphatic carboxylic acids is 1. The fourth-order valence-corrected chi connectivity index (χ4v) is 2.32. The van der Waals surface area contributed by atoms with Crippen LogP contribution in [-0.2, 0) is 14.3 Å². The zero-order chi connectivity index (χ0) is 16.4. The lowest BCUT2D eigenvalue weighted by Gasteiger charge is -2.23. The van der Waals surface area contributed by atoms with Gasteiger partial charge in [0.05, 0.1) is 5.92 Å². The fourth-order valence-electron chi connectivity index (χ4n) is 2.32. The summed E-state index contributed by atoms with van der Waals surface area (Å²) < 4.78 is 5.38. The first-order chi connectivity index (χ1) is 10.6. The molecule has 4 heteroatoms. The van der Waals surface area contributed by atoms with E-state index >= 15 is 0 Å². The Labute approximate surface area is 131 Å². The third-order valence-corrected chi connectivity index (χ3v) is 3.42. The Bertz CT molecular complexity index is 493. The molecule has 2 atom stereocenters. The van der Waals surface area contributed by atoms with Gasteiger partial charge in [-0.1, -0.05) is 57.0 Å². The molecule has 0 aliphatic rings. The molecule has 0 spiro atoms. The number of hydrogen-bond acceptors (Lipinski definition) is 3. The van der Waals surface area contributed by atoms with Gasteiger partial charge in [-0.2, -0.15) is 0 Å². The van der Waals surface area contributed by atoms with Gasteiger partial charge in [0.25, 0.3) is 0 Å². The van der Waals surface area contributed by atoms with Crippen molar-refractivity contribution in [2.75, 3.05) is 0 Å². The van der Waals surface area contributed by atoms with E-state index in [2.05, 4.69) is 0 Å². The molecular formula is C18H24O4. The molecule has 0 aliphatic heterocycles. The number of esters is 1. The quantitative estimate of drug-likeness (QED) is 0.555. The third-order valence-electron chi connectivity index (χ3n) is 3.42. The Hall–Kier alpha value is -2.10. The van der Waals surface area contributed by atoms with Crippen molar-refractivity contribution < 1.29 is 19.4 Å². The molecule has 1 aromatic rings. The van der Waals surface area contributed by atoms with E-state index in [0.29, 0.717) is 12.8 Å². The van der Waals surface area contributed by atoms with Crippen LogP contribution in [-0.4, -0.2) is 23.1 Å². The Morgan fingerprint density at radius 2 is 1.77 bits per heavy atom. The van der Waals surface area contributed by atoms with Gasteiger partial charge in [-0.05, 0) is 24.5 Å². The van der Waals surface area contributed by atoms with Crippen LogP contribution in [0.25, 0.3) is 6.08 Å². The number of carbonyl (C=O) groups is 2. The van der Waals surface area contributed by atoms with Gasteiger partial charge in [-0.15, -0.1) is 0 Å². The lowest BCUT2D eigenvalue weighted by Crippen LogP contribution is -2.32. The van der Waals surface area contributed by atoms with Crippen LogP contribution < -0.4 is 0 Å². The van der Waals surface area contributed by atoms with Crippen molar-refractivity contribution in [3.8, 4) is 0 Å². The third kappa shape index (κ3) is 6.12. The van der Waals surface area contributed by atoms with E-state index in [9.17, 15) is 14.7 Å². The molecule has 0 saturated heterocycles. The summed E-state index contributed by atoms with van der Waals surface area (Å²) in [6.07, 6.45) is 5.03. The molecule has 4 nitrogen and oxygen atoms in total. The van der Waals surface area contributed by atoms with Crippen molar-refractivity contribution in [3.63, 3.8) is 0 Å². The number of rotatable bonds is 9. The zero-order valence-corrected chi connectivity index (χ0v) is 13.2. The van der Waals surface area contributed by atoms with Gasteiger partial charge in [0.1, 0.15) is 6.10 Å². The second-order valence-electron chi connectivity index (χ2n) is 5.24. The van der Waals surface area contributed by atoms with Gasteiger partial charge >= 0.3 is 11.9 Å². The molecule has 0 amide bonds. The maximum Gasteiger partial charge on any atom is 0.331 e. The first kappa shape index (κ1) is 18.0. The highest BCUT2D eigenvalue weighted by Crippen LogP contribution is 2.20. The fraction of sp³-hybridized carbons (Fsp3) is 0.444. The smallest absolute Gasteiger partial charge is 0.331 e. The molecule has 0 aromatic heterocycles. The summed E-state index contributed by atoms with van der Waals surface area (Å²) in [6, 6.07) is 9.42. The van der Waals surface area contributed by atoms with Crippen LogP contribution >= 0.6 is 0 Å². The summed E-state index contributed by atoms with van der Waals surface area (Å²) >= 11 is 0. The van der Waals surface area contributed by atoms with Crippen LogP contribution in [0, 0.1) is 5.92 Å². The zero-order valence-electron chi connectivity index (χ0n) is 13.2. The lowest BCUT2D eigenvalue weighted by atomic mass is 9.94. The lowest BCUT2D eigenvalue weighted by molar-refractivity contribution is -0.155. The van der Waals surface area contributed by atoms with E-state index in [1.54, 1.807) is 6.08 Å². The minimum Gasteiger partial charge on any atom is -0.481 e. The SMILES string of the molecule is CCCC(OC(=O)/C=C/c1ccccc1)C(CCC)C(=O)O. The van der Waals surface area contributed by atoms with Crippen molar-refractivity contribution >= 4 is 18.0 Å². The molecular weight excluding hydrogens is 280 g/mol. The highest BCUT2D eigenvalue weighted by atomic mass is 16.5. The van der Waals surface area contributed by atoms with Crippen molar-refractivity contribution in [1.82, 2.24) is 0 Å². The summed E-state index contributed by atoms with van der Waals surface area (Å²) in [7, 11) is 0. The van der Waals surface area contributed by atoms with Crippen LogP contribution in [0.15, 0.2) is 36.4 Å². The summed E-state index contributed by atoms with van der Waals surface area (Å²) in [5.41, 5.74) is 0.898. The molecule has 22 heavy (non-hydrogen) atoms. The predicted molar refractivity (Wildman–Crippen MR) is 86.3 cm³/mol. The van der Waals surface area contributed by atoms with E-state index in [1.165, 1.54) is 6.08 Å². The average Bonchev–Trinajstić information content (AvgIpc) is 2.51. The second kappa shape index (κ2) is 9.77. The minimum atomic E-state index is -0.903. The van der Waals surface area contributed by atoms with Crippen molar-refractivity contribution in [2.45, 2.75) is 45.6 Å². The van der Waals surface area contributed by atoms with Crippen molar-refractivity contribution in [3.05, 3.63) is 42.0 Å². The van der Waals surface area contributed by atoms with Gasteiger partial charge in [0.15, 0.2) is 0 Å².